The minimum absolute atomic E-state index is 0.219. The highest BCUT2D eigenvalue weighted by molar-refractivity contribution is 5.78. The lowest BCUT2D eigenvalue weighted by molar-refractivity contribution is -0.148. The van der Waals surface area contributed by atoms with Crippen LogP contribution < -0.4 is 10.6 Å². The van der Waals surface area contributed by atoms with Crippen LogP contribution in [-0.4, -0.2) is 29.7 Å². The van der Waals surface area contributed by atoms with Crippen molar-refractivity contribution in [3.63, 3.8) is 0 Å². The van der Waals surface area contributed by atoms with Crippen LogP contribution in [0.3, 0.4) is 0 Å². The van der Waals surface area contributed by atoms with E-state index in [2.05, 4.69) is 17.6 Å². The maximum Gasteiger partial charge on any atom is 0.315 e. The highest BCUT2D eigenvalue weighted by Gasteiger charge is 2.42. The second kappa shape index (κ2) is 5.16. The number of carbonyl (C=O) groups excluding carboxylic acids is 1. The number of hydrogen-bond acceptors (Lipinski definition) is 2. The van der Waals surface area contributed by atoms with Gasteiger partial charge in [-0.05, 0) is 25.2 Å². The van der Waals surface area contributed by atoms with Gasteiger partial charge in [0.1, 0.15) is 0 Å². The molecule has 2 saturated carbocycles. The van der Waals surface area contributed by atoms with Crippen molar-refractivity contribution in [3.05, 3.63) is 0 Å². The monoisotopic (exact) mass is 254 g/mol. The Hall–Kier alpha value is -1.26. The highest BCUT2D eigenvalue weighted by atomic mass is 16.4. The number of rotatable bonds is 5. The van der Waals surface area contributed by atoms with E-state index in [9.17, 15) is 14.7 Å². The van der Waals surface area contributed by atoms with E-state index in [0.29, 0.717) is 24.8 Å². The molecule has 0 spiro atoms. The number of carboxylic acids is 1. The van der Waals surface area contributed by atoms with Crippen molar-refractivity contribution in [2.75, 3.05) is 6.54 Å². The summed E-state index contributed by atoms with van der Waals surface area (Å²) in [6, 6.07) is 0.0721. The number of nitrogens with one attached hydrogen (secondary N) is 2. The summed E-state index contributed by atoms with van der Waals surface area (Å²) in [4.78, 5) is 23.0. The normalized spacial score (nSPS) is 28.7. The van der Waals surface area contributed by atoms with E-state index in [1.54, 1.807) is 0 Å². The maximum atomic E-state index is 11.7. The van der Waals surface area contributed by atoms with E-state index in [4.69, 9.17) is 0 Å². The zero-order chi connectivity index (χ0) is 13.2. The van der Waals surface area contributed by atoms with Crippen LogP contribution in [0.4, 0.5) is 4.79 Å². The number of hydrogen-bond donors (Lipinski definition) is 3. The standard InChI is InChI=1S/C13H22N2O3/c1-2-9-7-10(9)15-12(18)14-8-13(11(16)17)5-3-4-6-13/h9-10H,2-8H2,1H3,(H,16,17)(H2,14,15,18). The number of carbonyl (C=O) groups is 2. The third-order valence-electron chi connectivity index (χ3n) is 4.37. The van der Waals surface area contributed by atoms with Crippen molar-refractivity contribution in [1.82, 2.24) is 10.6 Å². The second-order valence-electron chi connectivity index (χ2n) is 5.63. The predicted octanol–water partition coefficient (Wildman–Crippen LogP) is 1.73. The largest absolute Gasteiger partial charge is 0.481 e. The quantitative estimate of drug-likeness (QED) is 0.699. The lowest BCUT2D eigenvalue weighted by Crippen LogP contribution is -2.45. The average Bonchev–Trinajstić information content (AvgIpc) is 2.90. The first kappa shape index (κ1) is 13.2. The lowest BCUT2D eigenvalue weighted by Gasteiger charge is -2.24. The fraction of sp³-hybridized carbons (Fsp3) is 0.846. The van der Waals surface area contributed by atoms with Gasteiger partial charge in [0.05, 0.1) is 5.41 Å². The zero-order valence-electron chi connectivity index (χ0n) is 10.9. The number of amides is 2. The van der Waals surface area contributed by atoms with Crippen molar-refractivity contribution in [2.45, 2.75) is 51.5 Å². The second-order valence-corrected chi connectivity index (χ2v) is 5.63. The maximum absolute atomic E-state index is 11.7. The molecule has 0 aromatic heterocycles. The third-order valence-corrected chi connectivity index (χ3v) is 4.37. The van der Waals surface area contributed by atoms with Crippen LogP contribution in [0.25, 0.3) is 0 Å². The van der Waals surface area contributed by atoms with Crippen LogP contribution in [0.1, 0.15) is 45.4 Å². The van der Waals surface area contributed by atoms with E-state index in [0.717, 1.165) is 25.7 Å². The molecule has 3 N–H and O–H groups in total. The Morgan fingerprint density at radius 3 is 2.50 bits per heavy atom. The van der Waals surface area contributed by atoms with Crippen molar-refractivity contribution in [2.24, 2.45) is 11.3 Å². The van der Waals surface area contributed by atoms with Gasteiger partial charge in [0.25, 0.3) is 0 Å². The predicted molar refractivity (Wildman–Crippen MR) is 67.3 cm³/mol. The Morgan fingerprint density at radius 1 is 1.33 bits per heavy atom. The van der Waals surface area contributed by atoms with E-state index in [1.807, 2.05) is 0 Å². The minimum atomic E-state index is -0.779. The lowest BCUT2D eigenvalue weighted by atomic mass is 9.86. The van der Waals surface area contributed by atoms with E-state index >= 15 is 0 Å². The summed E-state index contributed by atoms with van der Waals surface area (Å²) in [5.74, 6) is -0.172. The molecule has 0 aliphatic heterocycles. The van der Waals surface area contributed by atoms with Gasteiger partial charge >= 0.3 is 12.0 Å². The van der Waals surface area contributed by atoms with Gasteiger partial charge in [-0.1, -0.05) is 26.2 Å². The van der Waals surface area contributed by atoms with Crippen molar-refractivity contribution >= 4 is 12.0 Å². The van der Waals surface area contributed by atoms with Crippen molar-refractivity contribution in [3.8, 4) is 0 Å². The van der Waals surface area contributed by atoms with Crippen LogP contribution in [0, 0.1) is 11.3 Å². The van der Waals surface area contributed by atoms with Crippen molar-refractivity contribution < 1.29 is 14.7 Å². The minimum Gasteiger partial charge on any atom is -0.481 e. The van der Waals surface area contributed by atoms with Gasteiger partial charge in [-0.15, -0.1) is 0 Å². The van der Waals surface area contributed by atoms with E-state index in [1.165, 1.54) is 0 Å². The molecule has 0 saturated heterocycles. The van der Waals surface area contributed by atoms with Crippen LogP contribution in [0.15, 0.2) is 0 Å². The third kappa shape index (κ3) is 2.76. The molecule has 2 unspecified atom stereocenters. The molecule has 0 heterocycles. The first-order valence-electron chi connectivity index (χ1n) is 6.85. The van der Waals surface area contributed by atoms with E-state index < -0.39 is 11.4 Å². The Kier molecular flexibility index (Phi) is 3.78. The molecule has 2 aliphatic rings. The van der Waals surface area contributed by atoms with Gasteiger partial charge < -0.3 is 15.7 Å². The average molecular weight is 254 g/mol. The molecule has 2 aliphatic carbocycles. The molecule has 0 bridgehead atoms. The zero-order valence-corrected chi connectivity index (χ0v) is 10.9. The summed E-state index contributed by atoms with van der Waals surface area (Å²) < 4.78 is 0. The topological polar surface area (TPSA) is 78.4 Å². The van der Waals surface area contributed by atoms with Gasteiger partial charge in [0, 0.05) is 12.6 Å². The molecule has 5 nitrogen and oxygen atoms in total. The van der Waals surface area contributed by atoms with Gasteiger partial charge in [0.15, 0.2) is 0 Å². The van der Waals surface area contributed by atoms with E-state index in [-0.39, 0.29) is 12.6 Å². The number of carboxylic acid groups (broad SMARTS) is 1. The Balaban J connectivity index is 1.76. The molecular formula is C13H22N2O3. The van der Waals surface area contributed by atoms with Crippen LogP contribution in [-0.2, 0) is 4.79 Å². The highest BCUT2D eigenvalue weighted by Crippen LogP contribution is 2.38. The van der Waals surface area contributed by atoms with Gasteiger partial charge in [0.2, 0.25) is 0 Å². The fourth-order valence-corrected chi connectivity index (χ4v) is 2.86. The molecule has 18 heavy (non-hydrogen) atoms. The Labute approximate surface area is 107 Å². The Bertz CT molecular complexity index is 337. The SMILES string of the molecule is CCC1CC1NC(=O)NCC1(C(=O)O)CCCC1. The fourth-order valence-electron chi connectivity index (χ4n) is 2.86. The molecule has 2 fully saturated rings. The van der Waals surface area contributed by atoms with Gasteiger partial charge in [-0.2, -0.15) is 0 Å². The smallest absolute Gasteiger partial charge is 0.315 e. The van der Waals surface area contributed by atoms with Crippen LogP contribution >= 0.6 is 0 Å². The molecular weight excluding hydrogens is 232 g/mol. The first-order valence-corrected chi connectivity index (χ1v) is 6.85. The van der Waals surface area contributed by atoms with Gasteiger partial charge in [-0.25, -0.2) is 4.79 Å². The molecule has 102 valence electrons. The summed E-state index contributed by atoms with van der Waals surface area (Å²) in [5, 5.41) is 14.9. The Morgan fingerprint density at radius 2 is 2.00 bits per heavy atom. The van der Waals surface area contributed by atoms with Crippen molar-refractivity contribution in [1.29, 1.82) is 0 Å². The number of urea groups is 1. The molecule has 2 amide bonds. The molecule has 2 rings (SSSR count). The molecule has 0 aromatic carbocycles. The summed E-state index contributed by atoms with van der Waals surface area (Å²) in [7, 11) is 0. The summed E-state index contributed by atoms with van der Waals surface area (Å²) >= 11 is 0. The molecule has 0 aromatic rings. The summed E-state index contributed by atoms with van der Waals surface area (Å²) in [6.07, 6.45) is 5.36. The summed E-state index contributed by atoms with van der Waals surface area (Å²) in [5.41, 5.74) is -0.731. The van der Waals surface area contributed by atoms with Crippen LogP contribution in [0.5, 0.6) is 0 Å². The molecule has 5 heteroatoms. The molecule has 2 atom stereocenters. The first-order chi connectivity index (χ1) is 8.57. The van der Waals surface area contributed by atoms with Crippen LogP contribution in [0.2, 0.25) is 0 Å². The molecule has 0 radical (unpaired) electrons. The van der Waals surface area contributed by atoms with Gasteiger partial charge in [-0.3, -0.25) is 4.79 Å². The summed E-state index contributed by atoms with van der Waals surface area (Å²) in [6.45, 7) is 2.36. The number of aliphatic carboxylic acids is 1.